The molecule has 0 bridgehead atoms. The minimum absolute atomic E-state index is 0.0330. The van der Waals surface area contributed by atoms with Gasteiger partial charge in [-0.1, -0.05) is 45.4 Å². The van der Waals surface area contributed by atoms with Gasteiger partial charge in [-0.25, -0.2) is 9.78 Å². The van der Waals surface area contributed by atoms with Crippen molar-refractivity contribution in [1.82, 2.24) is 9.88 Å². The first kappa shape index (κ1) is 47.6. The highest BCUT2D eigenvalue weighted by atomic mass is 32.1. The number of rotatable bonds is 12. The number of imide groups is 1. The van der Waals surface area contributed by atoms with Crippen molar-refractivity contribution in [2.24, 2.45) is 17.3 Å². The molecule has 18 heteroatoms. The van der Waals surface area contributed by atoms with E-state index in [2.05, 4.69) is 11.6 Å². The Hall–Kier alpha value is -5.85. The molecule has 3 aliphatic rings. The molecule has 2 aromatic carbocycles. The third kappa shape index (κ3) is 11.3. The van der Waals surface area contributed by atoms with Gasteiger partial charge < -0.3 is 28.8 Å². The fraction of sp³-hybridized carbons (Fsp3) is 0.500. The van der Waals surface area contributed by atoms with E-state index in [-0.39, 0.29) is 43.2 Å². The van der Waals surface area contributed by atoms with E-state index in [0.717, 1.165) is 43.9 Å². The first-order valence-corrected chi connectivity index (χ1v) is 22.0. The maximum Gasteiger partial charge on any atom is 0.508 e. The van der Waals surface area contributed by atoms with Crippen LogP contribution >= 0.6 is 11.3 Å². The molecule has 7 atom stereocenters. The Morgan fingerprint density at radius 3 is 2.55 bits per heavy atom. The average Bonchev–Trinajstić information content (AvgIpc) is 3.52. The molecule has 1 N–H and O–H groups in total. The second kappa shape index (κ2) is 19.9. The Labute approximate surface area is 373 Å². The number of esters is 2. The van der Waals surface area contributed by atoms with Crippen molar-refractivity contribution in [2.75, 3.05) is 6.54 Å². The zero-order chi connectivity index (χ0) is 46.5. The minimum Gasteiger partial charge on any atom is -0.457 e. The number of nitro benzene ring substituents is 1. The number of epoxide rings is 1. The number of nitro groups is 1. The number of hydrogen-bond donors (Lipinski definition) is 1. The molecule has 4 heterocycles. The van der Waals surface area contributed by atoms with E-state index < -0.39 is 100 Å². The largest absolute Gasteiger partial charge is 0.508 e. The van der Waals surface area contributed by atoms with Crippen molar-refractivity contribution in [3.8, 4) is 5.75 Å². The number of cyclic esters (lactones) is 1. The molecule has 2 saturated heterocycles. The molecule has 0 aliphatic carbocycles. The summed E-state index contributed by atoms with van der Waals surface area (Å²) in [5.74, 6) is -4.80. The van der Waals surface area contributed by atoms with Gasteiger partial charge in [-0.15, -0.1) is 17.9 Å². The predicted octanol–water partition coefficient (Wildman–Crippen LogP) is 7.34. The number of carbonyl (C=O) groups is 6. The van der Waals surface area contributed by atoms with Crippen molar-refractivity contribution in [3.63, 3.8) is 0 Å². The van der Waals surface area contributed by atoms with Gasteiger partial charge in [-0.2, -0.15) is 0 Å². The molecule has 1 aromatic heterocycles. The lowest BCUT2D eigenvalue weighted by Crippen LogP contribution is -2.47. The molecule has 0 saturated carbocycles. The molecule has 342 valence electrons. The first-order valence-electron chi connectivity index (χ1n) is 21.2. The molecular formula is C46H53N3O14S. The van der Waals surface area contributed by atoms with E-state index in [1.165, 1.54) is 32.1 Å². The minimum atomic E-state index is -1.52. The van der Waals surface area contributed by atoms with Crippen molar-refractivity contribution in [1.29, 1.82) is 0 Å². The smallest absolute Gasteiger partial charge is 0.457 e. The van der Waals surface area contributed by atoms with Crippen LogP contribution in [-0.2, 0) is 49.5 Å². The Balaban J connectivity index is 1.14. The number of aromatic nitrogens is 1. The number of thiazole rings is 1. The van der Waals surface area contributed by atoms with Crippen molar-refractivity contribution < 1.29 is 62.5 Å². The maximum atomic E-state index is 14.5. The summed E-state index contributed by atoms with van der Waals surface area (Å²) in [5.41, 5.74) is -0.929. The van der Waals surface area contributed by atoms with E-state index in [1.54, 1.807) is 11.3 Å². The zero-order valence-electron chi connectivity index (χ0n) is 36.4. The Morgan fingerprint density at radius 2 is 1.84 bits per heavy atom. The quantitative estimate of drug-likeness (QED) is 0.0356. The van der Waals surface area contributed by atoms with Crippen LogP contribution in [0.3, 0.4) is 0 Å². The number of aliphatic hydroxyl groups is 1. The van der Waals surface area contributed by atoms with Gasteiger partial charge in [0.1, 0.15) is 24.6 Å². The van der Waals surface area contributed by atoms with Crippen LogP contribution in [0.15, 0.2) is 61.2 Å². The number of nitrogens with zero attached hydrogens (tertiary/aromatic N) is 3. The summed E-state index contributed by atoms with van der Waals surface area (Å²) in [4.78, 5) is 94.3. The molecule has 17 nitrogen and oxygen atoms in total. The average molecular weight is 904 g/mol. The molecule has 3 aromatic rings. The summed E-state index contributed by atoms with van der Waals surface area (Å²) < 4.78 is 29.8. The summed E-state index contributed by atoms with van der Waals surface area (Å²) in [6, 6.07) is 9.37. The highest BCUT2D eigenvalue weighted by Gasteiger charge is 2.53. The number of aliphatic hydroxyl groups excluding tert-OH is 1. The van der Waals surface area contributed by atoms with Crippen LogP contribution in [0.2, 0.25) is 0 Å². The van der Waals surface area contributed by atoms with Crippen LogP contribution in [0.25, 0.3) is 10.2 Å². The molecule has 2 fully saturated rings. The van der Waals surface area contributed by atoms with Crippen LogP contribution in [0, 0.1) is 34.3 Å². The number of ether oxygens (including phenoxy) is 5. The van der Waals surface area contributed by atoms with Crippen molar-refractivity contribution in [3.05, 3.63) is 87.5 Å². The highest BCUT2D eigenvalue weighted by Crippen LogP contribution is 2.47. The molecule has 7 unspecified atom stereocenters. The van der Waals surface area contributed by atoms with E-state index in [1.807, 2.05) is 39.0 Å². The third-order valence-electron chi connectivity index (χ3n) is 12.2. The number of allylic oxidation sites excluding steroid dienone is 1. The Morgan fingerprint density at radius 1 is 1.11 bits per heavy atom. The molecule has 64 heavy (non-hydrogen) atoms. The van der Waals surface area contributed by atoms with Crippen LogP contribution in [-0.4, -0.2) is 86.1 Å². The molecule has 3 aliphatic heterocycles. The van der Waals surface area contributed by atoms with E-state index in [4.69, 9.17) is 23.7 Å². The Kier molecular flexibility index (Phi) is 14.8. The summed E-state index contributed by atoms with van der Waals surface area (Å²) in [6.45, 7) is 12.1. The maximum absolute atomic E-state index is 14.5. The van der Waals surface area contributed by atoms with E-state index in [0.29, 0.717) is 25.7 Å². The van der Waals surface area contributed by atoms with E-state index in [9.17, 15) is 44.0 Å². The molecule has 2 amide bonds. The number of fused-ring (bicyclic) bond motifs is 2. The predicted molar refractivity (Wildman–Crippen MR) is 231 cm³/mol. The van der Waals surface area contributed by atoms with Gasteiger partial charge in [0.15, 0.2) is 0 Å². The number of hydrogen-bond acceptors (Lipinski definition) is 16. The molecule has 0 radical (unpaired) electrons. The second-order valence-corrected chi connectivity index (χ2v) is 18.6. The summed E-state index contributed by atoms with van der Waals surface area (Å²) in [6.07, 6.45) is 0.634. The number of amides is 2. The fourth-order valence-electron chi connectivity index (χ4n) is 8.26. The molecular weight excluding hydrogens is 851 g/mol. The number of carbonyl (C=O) groups excluding carboxylic acids is 6. The third-order valence-corrected chi connectivity index (χ3v) is 13.2. The Bertz CT molecular complexity index is 2340. The fourth-order valence-corrected chi connectivity index (χ4v) is 9.06. The lowest BCUT2D eigenvalue weighted by atomic mass is 9.71. The lowest BCUT2D eigenvalue weighted by Gasteiger charge is -2.37. The van der Waals surface area contributed by atoms with Gasteiger partial charge in [-0.05, 0) is 74.8 Å². The van der Waals surface area contributed by atoms with Gasteiger partial charge in [0.25, 0.3) is 11.8 Å². The summed E-state index contributed by atoms with van der Waals surface area (Å²) >= 11 is 1.56. The zero-order valence-corrected chi connectivity index (χ0v) is 37.3. The topological polar surface area (TPSA) is 231 Å². The number of Topliss-reactive ketones (excluding diaryl/α,β-unsaturated/α-hetero) is 1. The first-order chi connectivity index (χ1) is 30.3. The lowest BCUT2D eigenvalue weighted by molar-refractivity contribution is -0.385. The van der Waals surface area contributed by atoms with Crippen molar-refractivity contribution >= 4 is 62.9 Å². The van der Waals surface area contributed by atoms with Gasteiger partial charge in [0.05, 0.1) is 55.7 Å². The van der Waals surface area contributed by atoms with Crippen LogP contribution in [0.4, 0.5) is 10.5 Å². The normalized spacial score (nSPS) is 26.2. The molecule has 6 rings (SSSR count). The van der Waals surface area contributed by atoms with Gasteiger partial charge >= 0.3 is 23.8 Å². The standard InChI is InChI=1S/C46H53N3O14S/c1-7-10-30-42(62-44(56)59-25-28-13-15-33(32(21-28)49(57)58)60-40(53)12-9-20-48-38(51)17-18-39(48)52)26(2)11-8-19-46(6)37(63-46)23-34(29-14-16-35-31(22-29)47-27(3)64-35)61-41(54)24-36(50)45(4,5)43(30)55/h7,13-18,21-22,26,30,34,36-37,42,50H,1,8-12,19-20,23-25H2,2-6H3. The monoisotopic (exact) mass is 903 g/mol. The van der Waals surface area contributed by atoms with Gasteiger partial charge in [0.2, 0.25) is 5.75 Å². The summed E-state index contributed by atoms with van der Waals surface area (Å²) in [7, 11) is 0. The highest BCUT2D eigenvalue weighted by molar-refractivity contribution is 7.18. The van der Waals surface area contributed by atoms with Gasteiger partial charge in [-0.3, -0.25) is 39.0 Å². The van der Waals surface area contributed by atoms with E-state index >= 15 is 0 Å². The van der Waals surface area contributed by atoms with Gasteiger partial charge in [0, 0.05) is 37.6 Å². The van der Waals surface area contributed by atoms with Crippen LogP contribution in [0.5, 0.6) is 5.75 Å². The second-order valence-electron chi connectivity index (χ2n) is 17.3. The number of benzene rings is 2. The van der Waals surface area contributed by atoms with Crippen LogP contribution in [0.1, 0.15) is 101 Å². The SMILES string of the molecule is C=CCC1C(=O)C(C)(C)C(O)CC(=O)OC(c2ccc3sc(C)nc3c2)CC2OC2(C)CCCC(C)C1OC(=O)OCc1ccc(OC(=O)CCCN2C(=O)C=CC2=O)c([N+](=O)[O-])c1. The number of aryl methyl sites for hydroxylation is 1. The summed E-state index contributed by atoms with van der Waals surface area (Å²) in [5, 5.41) is 24.4. The van der Waals surface area contributed by atoms with Crippen LogP contribution < -0.4 is 4.74 Å². The van der Waals surface area contributed by atoms with Crippen molar-refractivity contribution in [2.45, 2.75) is 123 Å². The number of ketones is 1. The molecule has 0 spiro atoms.